The second-order valence-electron chi connectivity index (χ2n) is 6.01. The fourth-order valence-electron chi connectivity index (χ4n) is 2.80. The first-order chi connectivity index (χ1) is 11.5. The van der Waals surface area contributed by atoms with Gasteiger partial charge in [0.15, 0.2) is 0 Å². The molecule has 1 atom stereocenters. The van der Waals surface area contributed by atoms with E-state index in [2.05, 4.69) is 29.6 Å². The Morgan fingerprint density at radius 2 is 1.25 bits per heavy atom. The summed E-state index contributed by atoms with van der Waals surface area (Å²) in [7, 11) is -0.389. The number of hydrogen-bond donors (Lipinski definition) is 1. The van der Waals surface area contributed by atoms with Gasteiger partial charge in [-0.05, 0) is 17.0 Å². The lowest BCUT2D eigenvalue weighted by Gasteiger charge is -2.32. The quantitative estimate of drug-likeness (QED) is 0.695. The lowest BCUT2D eigenvalue weighted by molar-refractivity contribution is 0.244. The average molecular weight is 347 g/mol. The Hall–Kier alpha value is -1.45. The Kier molecular flexibility index (Phi) is 6.76. The summed E-state index contributed by atoms with van der Waals surface area (Å²) in [6.07, 6.45) is 0. The molecule has 1 unspecified atom stereocenters. The van der Waals surface area contributed by atoms with Gasteiger partial charge in [0.1, 0.15) is 5.78 Å². The maximum absolute atomic E-state index is 13.0. The number of nitrogens with one attached hydrogen (secondary N) is 1. The minimum Gasteiger partial charge on any atom is -0.311 e. The molecule has 0 aliphatic heterocycles. The van der Waals surface area contributed by atoms with E-state index in [9.17, 15) is 4.57 Å². The van der Waals surface area contributed by atoms with Crippen molar-refractivity contribution in [1.82, 2.24) is 5.32 Å². The van der Waals surface area contributed by atoms with Gasteiger partial charge in [0.2, 0.25) is 0 Å². The lowest BCUT2D eigenvalue weighted by Crippen LogP contribution is -2.38. The van der Waals surface area contributed by atoms with Gasteiger partial charge in [-0.25, -0.2) is 0 Å². The summed E-state index contributed by atoms with van der Waals surface area (Å²) in [5, 5.41) is 3.52. The molecule has 1 N–H and O–H groups in total. The third kappa shape index (κ3) is 4.34. The third-order valence-electron chi connectivity index (χ3n) is 4.08. The smallest absolute Gasteiger partial charge is 0.311 e. The van der Waals surface area contributed by atoms with Crippen LogP contribution in [0.25, 0.3) is 0 Å². The average Bonchev–Trinajstić information content (AvgIpc) is 2.63. The molecule has 0 aliphatic rings. The van der Waals surface area contributed by atoms with Gasteiger partial charge < -0.3 is 9.05 Å². The predicted molar refractivity (Wildman–Crippen MR) is 98.1 cm³/mol. The summed E-state index contributed by atoms with van der Waals surface area (Å²) in [5.74, 6) is -0.344. The van der Waals surface area contributed by atoms with Gasteiger partial charge in [-0.1, -0.05) is 74.5 Å². The van der Waals surface area contributed by atoms with Crippen LogP contribution in [0.5, 0.6) is 0 Å². The van der Waals surface area contributed by atoms with E-state index in [-0.39, 0.29) is 12.0 Å². The molecule has 0 aromatic heterocycles. The molecule has 0 amide bonds. The summed E-state index contributed by atoms with van der Waals surface area (Å²) in [6.45, 7) is 4.02. The molecule has 0 spiro atoms. The molecule has 5 heteroatoms. The van der Waals surface area contributed by atoms with Crippen molar-refractivity contribution in [2.24, 2.45) is 5.92 Å². The molecular formula is C19H26NO3P. The first-order valence-electron chi connectivity index (χ1n) is 8.09. The standard InChI is InChI=1S/C19H26NO3P/c1-15(2)19(24(21,22-3)23-4)20-18(16-11-7-5-8-12-16)17-13-9-6-10-14-17/h5-15,18-20H,1-4H3. The molecule has 0 heterocycles. The van der Waals surface area contributed by atoms with Gasteiger partial charge >= 0.3 is 7.60 Å². The van der Waals surface area contributed by atoms with Gasteiger partial charge in [-0.15, -0.1) is 0 Å². The Bertz CT molecular complexity index is 613. The molecule has 130 valence electrons. The van der Waals surface area contributed by atoms with Crippen LogP contribution in [-0.2, 0) is 13.6 Å². The highest BCUT2D eigenvalue weighted by Gasteiger charge is 2.38. The first-order valence-corrected chi connectivity index (χ1v) is 9.70. The molecule has 24 heavy (non-hydrogen) atoms. The summed E-state index contributed by atoms with van der Waals surface area (Å²) in [6, 6.07) is 20.1. The lowest BCUT2D eigenvalue weighted by atomic mass is 9.98. The number of hydrogen-bond acceptors (Lipinski definition) is 4. The van der Waals surface area contributed by atoms with E-state index in [1.54, 1.807) is 0 Å². The molecule has 0 fully saturated rings. The van der Waals surface area contributed by atoms with Crippen LogP contribution in [0.3, 0.4) is 0 Å². The zero-order chi connectivity index (χ0) is 17.6. The minimum absolute atomic E-state index is 0.0747. The molecule has 0 saturated heterocycles. The topological polar surface area (TPSA) is 47.6 Å². The van der Waals surface area contributed by atoms with Crippen LogP contribution in [0, 0.1) is 5.92 Å². The molecule has 4 nitrogen and oxygen atoms in total. The summed E-state index contributed by atoms with van der Waals surface area (Å²) < 4.78 is 23.5. The van der Waals surface area contributed by atoms with Gasteiger partial charge in [0.25, 0.3) is 0 Å². The molecule has 2 aromatic rings. The first kappa shape index (κ1) is 18.9. The second kappa shape index (κ2) is 8.59. The SMILES string of the molecule is COP(=O)(OC)C(NC(c1ccccc1)c1ccccc1)C(C)C. The van der Waals surface area contributed by atoms with Gasteiger partial charge in [0.05, 0.1) is 6.04 Å². The zero-order valence-electron chi connectivity index (χ0n) is 14.7. The Morgan fingerprint density at radius 1 is 0.833 bits per heavy atom. The normalized spacial score (nSPS) is 13.4. The van der Waals surface area contributed by atoms with Crippen molar-refractivity contribution < 1.29 is 13.6 Å². The summed E-state index contributed by atoms with van der Waals surface area (Å²) in [4.78, 5) is 0. The van der Waals surface area contributed by atoms with E-state index < -0.39 is 13.4 Å². The van der Waals surface area contributed by atoms with E-state index >= 15 is 0 Å². The minimum atomic E-state index is -3.25. The van der Waals surface area contributed by atoms with Crippen molar-refractivity contribution in [2.75, 3.05) is 14.2 Å². The van der Waals surface area contributed by atoms with Crippen molar-refractivity contribution in [3.63, 3.8) is 0 Å². The van der Waals surface area contributed by atoms with Crippen LogP contribution >= 0.6 is 7.60 Å². The summed E-state index contributed by atoms with van der Waals surface area (Å²) in [5.41, 5.74) is 2.21. The van der Waals surface area contributed by atoms with Gasteiger partial charge in [0, 0.05) is 14.2 Å². The largest absolute Gasteiger partial charge is 0.347 e. The molecule has 0 aliphatic carbocycles. The Morgan fingerprint density at radius 3 is 1.58 bits per heavy atom. The van der Waals surface area contributed by atoms with Gasteiger partial charge in [-0.3, -0.25) is 9.88 Å². The van der Waals surface area contributed by atoms with Crippen LogP contribution in [-0.4, -0.2) is 20.0 Å². The van der Waals surface area contributed by atoms with E-state index in [1.807, 2.05) is 50.2 Å². The molecule has 0 bridgehead atoms. The van der Waals surface area contributed by atoms with Crippen molar-refractivity contribution in [2.45, 2.75) is 25.7 Å². The van der Waals surface area contributed by atoms with Crippen LogP contribution in [0.4, 0.5) is 0 Å². The van der Waals surface area contributed by atoms with Gasteiger partial charge in [-0.2, -0.15) is 0 Å². The fraction of sp³-hybridized carbons (Fsp3) is 0.368. The van der Waals surface area contributed by atoms with E-state index in [4.69, 9.17) is 9.05 Å². The molecule has 2 rings (SSSR count). The Labute approximate surface area is 144 Å². The molecule has 2 aromatic carbocycles. The fourth-order valence-corrected chi connectivity index (χ4v) is 4.46. The Balaban J connectivity index is 2.42. The highest BCUT2D eigenvalue weighted by Crippen LogP contribution is 2.53. The summed E-state index contributed by atoms with van der Waals surface area (Å²) >= 11 is 0. The number of benzene rings is 2. The molecule has 0 radical (unpaired) electrons. The van der Waals surface area contributed by atoms with E-state index in [0.29, 0.717) is 0 Å². The van der Waals surface area contributed by atoms with E-state index in [1.165, 1.54) is 14.2 Å². The van der Waals surface area contributed by atoms with Crippen molar-refractivity contribution in [1.29, 1.82) is 0 Å². The second-order valence-corrected chi connectivity index (χ2v) is 8.38. The monoisotopic (exact) mass is 347 g/mol. The van der Waals surface area contributed by atoms with Crippen molar-refractivity contribution in [3.8, 4) is 0 Å². The van der Waals surface area contributed by atoms with Crippen LogP contribution in [0.1, 0.15) is 31.0 Å². The van der Waals surface area contributed by atoms with Crippen molar-refractivity contribution >= 4 is 7.60 Å². The molecular weight excluding hydrogens is 321 g/mol. The van der Waals surface area contributed by atoms with Crippen LogP contribution < -0.4 is 5.32 Å². The predicted octanol–water partition coefficient (Wildman–Crippen LogP) is 4.83. The number of rotatable bonds is 8. The van der Waals surface area contributed by atoms with Crippen molar-refractivity contribution in [3.05, 3.63) is 71.8 Å². The third-order valence-corrected chi connectivity index (χ3v) is 6.53. The van der Waals surface area contributed by atoms with Crippen LogP contribution in [0.15, 0.2) is 60.7 Å². The maximum atomic E-state index is 13.0. The van der Waals surface area contributed by atoms with Crippen LogP contribution in [0.2, 0.25) is 0 Å². The highest BCUT2D eigenvalue weighted by atomic mass is 31.2. The highest BCUT2D eigenvalue weighted by molar-refractivity contribution is 7.54. The van der Waals surface area contributed by atoms with E-state index in [0.717, 1.165) is 11.1 Å². The zero-order valence-corrected chi connectivity index (χ0v) is 15.6. The molecule has 0 saturated carbocycles. The maximum Gasteiger partial charge on any atom is 0.347 e.